The van der Waals surface area contributed by atoms with Crippen molar-refractivity contribution in [3.8, 4) is 0 Å². The molecule has 88 valence electrons. The van der Waals surface area contributed by atoms with E-state index in [1.165, 1.54) is 19.3 Å². The third kappa shape index (κ3) is 5.78. The summed E-state index contributed by atoms with van der Waals surface area (Å²) in [5, 5.41) is 6.50. The lowest BCUT2D eigenvalue weighted by atomic mass is 10.0. The summed E-state index contributed by atoms with van der Waals surface area (Å²) in [6.07, 6.45) is 5.57. The molecule has 15 heavy (non-hydrogen) atoms. The monoisotopic (exact) mass is 212 g/mol. The van der Waals surface area contributed by atoms with Gasteiger partial charge in [-0.25, -0.2) is 0 Å². The fraction of sp³-hybridized carbons (Fsp3) is 0.917. The number of hydrogen-bond acceptors (Lipinski definition) is 2. The predicted octanol–water partition coefficient (Wildman–Crippen LogP) is 1.68. The molecule has 1 amide bonds. The molecule has 3 heteroatoms. The van der Waals surface area contributed by atoms with Gasteiger partial charge in [0.25, 0.3) is 0 Å². The van der Waals surface area contributed by atoms with Crippen molar-refractivity contribution in [2.45, 2.75) is 52.0 Å². The second kappa shape index (κ2) is 6.83. The Hall–Kier alpha value is -0.570. The Morgan fingerprint density at radius 2 is 2.20 bits per heavy atom. The van der Waals surface area contributed by atoms with E-state index in [-0.39, 0.29) is 5.91 Å². The van der Waals surface area contributed by atoms with Gasteiger partial charge >= 0.3 is 0 Å². The van der Waals surface area contributed by atoms with E-state index in [2.05, 4.69) is 24.5 Å². The van der Waals surface area contributed by atoms with Crippen LogP contribution in [0.25, 0.3) is 0 Å². The second-order valence-corrected chi connectivity index (χ2v) is 4.92. The van der Waals surface area contributed by atoms with Crippen molar-refractivity contribution < 1.29 is 4.79 Å². The second-order valence-electron chi connectivity index (χ2n) is 4.92. The highest BCUT2D eigenvalue weighted by Gasteiger charge is 2.13. The van der Waals surface area contributed by atoms with E-state index in [0.717, 1.165) is 19.5 Å². The molecule has 0 unspecified atom stereocenters. The molecular weight excluding hydrogens is 188 g/mol. The lowest BCUT2D eigenvalue weighted by Gasteiger charge is -2.22. The van der Waals surface area contributed by atoms with E-state index in [4.69, 9.17) is 0 Å². The van der Waals surface area contributed by atoms with Crippen molar-refractivity contribution in [2.24, 2.45) is 5.92 Å². The molecule has 1 heterocycles. The highest BCUT2D eigenvalue weighted by Crippen LogP contribution is 2.07. The molecule has 1 saturated heterocycles. The van der Waals surface area contributed by atoms with Crippen LogP contribution in [0.3, 0.4) is 0 Å². The Morgan fingerprint density at radius 1 is 1.40 bits per heavy atom. The SMILES string of the molecule is CC(C)CC(=O)N[C@@H]1CCCCCNC1. The predicted molar refractivity (Wildman–Crippen MR) is 62.7 cm³/mol. The molecule has 3 nitrogen and oxygen atoms in total. The zero-order valence-electron chi connectivity index (χ0n) is 10.0. The average molecular weight is 212 g/mol. The van der Waals surface area contributed by atoms with Crippen LogP contribution in [-0.2, 0) is 4.79 Å². The molecule has 1 aliphatic heterocycles. The first-order valence-electron chi connectivity index (χ1n) is 6.18. The number of rotatable bonds is 3. The van der Waals surface area contributed by atoms with Crippen LogP contribution in [0, 0.1) is 5.92 Å². The van der Waals surface area contributed by atoms with E-state index >= 15 is 0 Å². The maximum absolute atomic E-state index is 11.6. The van der Waals surface area contributed by atoms with Crippen LogP contribution in [0.1, 0.15) is 46.0 Å². The summed E-state index contributed by atoms with van der Waals surface area (Å²) in [4.78, 5) is 11.6. The Morgan fingerprint density at radius 3 is 2.93 bits per heavy atom. The summed E-state index contributed by atoms with van der Waals surface area (Å²) in [5.41, 5.74) is 0. The molecule has 1 fully saturated rings. The van der Waals surface area contributed by atoms with Gasteiger partial charge in [0.05, 0.1) is 0 Å². The van der Waals surface area contributed by atoms with Crippen molar-refractivity contribution in [2.75, 3.05) is 13.1 Å². The van der Waals surface area contributed by atoms with Gasteiger partial charge in [-0.3, -0.25) is 4.79 Å². The first-order valence-corrected chi connectivity index (χ1v) is 6.18. The maximum Gasteiger partial charge on any atom is 0.220 e. The van der Waals surface area contributed by atoms with Crippen LogP contribution >= 0.6 is 0 Å². The van der Waals surface area contributed by atoms with Crippen LogP contribution in [0.2, 0.25) is 0 Å². The van der Waals surface area contributed by atoms with Crippen LogP contribution in [-0.4, -0.2) is 25.0 Å². The van der Waals surface area contributed by atoms with Gasteiger partial charge in [0.1, 0.15) is 0 Å². The maximum atomic E-state index is 11.6. The topological polar surface area (TPSA) is 41.1 Å². The smallest absolute Gasteiger partial charge is 0.220 e. The lowest BCUT2D eigenvalue weighted by molar-refractivity contribution is -0.122. The third-order valence-electron chi connectivity index (χ3n) is 2.76. The molecule has 2 N–H and O–H groups in total. The average Bonchev–Trinajstić information content (AvgIpc) is 2.08. The first kappa shape index (κ1) is 12.5. The highest BCUT2D eigenvalue weighted by atomic mass is 16.1. The number of carbonyl (C=O) groups excluding carboxylic acids is 1. The van der Waals surface area contributed by atoms with Crippen LogP contribution in [0.15, 0.2) is 0 Å². The molecule has 1 atom stereocenters. The number of amides is 1. The lowest BCUT2D eigenvalue weighted by Crippen LogP contribution is -2.43. The van der Waals surface area contributed by atoms with Gasteiger partial charge in [-0.2, -0.15) is 0 Å². The molecule has 0 bridgehead atoms. The van der Waals surface area contributed by atoms with Crippen LogP contribution in [0.4, 0.5) is 0 Å². The quantitative estimate of drug-likeness (QED) is 0.747. The Labute approximate surface area is 93.0 Å². The van der Waals surface area contributed by atoms with Gasteiger partial charge in [0, 0.05) is 19.0 Å². The molecule has 0 spiro atoms. The summed E-state index contributed by atoms with van der Waals surface area (Å²) in [7, 11) is 0. The molecule has 1 rings (SSSR count). The normalized spacial score (nSPS) is 23.3. The molecule has 0 aromatic heterocycles. The zero-order chi connectivity index (χ0) is 11.1. The molecule has 1 aliphatic rings. The van der Waals surface area contributed by atoms with E-state index in [1.54, 1.807) is 0 Å². The van der Waals surface area contributed by atoms with Gasteiger partial charge < -0.3 is 10.6 Å². The number of carbonyl (C=O) groups is 1. The summed E-state index contributed by atoms with van der Waals surface area (Å²) in [6, 6.07) is 0.344. The standard InChI is InChI=1S/C12H24N2O/c1-10(2)8-12(15)14-11-6-4-3-5-7-13-9-11/h10-11,13H,3-9H2,1-2H3,(H,14,15)/t11-/m1/s1. The number of hydrogen-bond donors (Lipinski definition) is 2. The van der Waals surface area contributed by atoms with Crippen molar-refractivity contribution in [3.05, 3.63) is 0 Å². The van der Waals surface area contributed by atoms with Crippen molar-refractivity contribution >= 4 is 5.91 Å². The van der Waals surface area contributed by atoms with Gasteiger partial charge in [-0.1, -0.05) is 26.7 Å². The minimum Gasteiger partial charge on any atom is -0.352 e. The molecule has 0 radical (unpaired) electrons. The van der Waals surface area contributed by atoms with Crippen LogP contribution in [0.5, 0.6) is 0 Å². The summed E-state index contributed by atoms with van der Waals surface area (Å²) < 4.78 is 0. The molecule has 0 aromatic rings. The van der Waals surface area contributed by atoms with Gasteiger partial charge in [0.15, 0.2) is 0 Å². The largest absolute Gasteiger partial charge is 0.352 e. The first-order chi connectivity index (χ1) is 7.18. The Kier molecular flexibility index (Phi) is 5.69. The molecule has 0 aromatic carbocycles. The van der Waals surface area contributed by atoms with Gasteiger partial charge in [0.2, 0.25) is 5.91 Å². The fourth-order valence-electron chi connectivity index (χ4n) is 1.98. The summed E-state index contributed by atoms with van der Waals surface area (Å²) >= 11 is 0. The fourth-order valence-corrected chi connectivity index (χ4v) is 1.98. The Balaban J connectivity index is 2.25. The third-order valence-corrected chi connectivity index (χ3v) is 2.76. The minimum atomic E-state index is 0.206. The summed E-state index contributed by atoms with van der Waals surface area (Å²) in [6.45, 7) is 6.19. The van der Waals surface area contributed by atoms with Gasteiger partial charge in [-0.05, 0) is 25.3 Å². The van der Waals surface area contributed by atoms with E-state index in [0.29, 0.717) is 18.4 Å². The van der Waals surface area contributed by atoms with Crippen molar-refractivity contribution in [1.82, 2.24) is 10.6 Å². The van der Waals surface area contributed by atoms with E-state index < -0.39 is 0 Å². The minimum absolute atomic E-state index is 0.206. The van der Waals surface area contributed by atoms with Crippen molar-refractivity contribution in [1.29, 1.82) is 0 Å². The van der Waals surface area contributed by atoms with Crippen LogP contribution < -0.4 is 10.6 Å². The molecule has 0 saturated carbocycles. The Bertz CT molecular complexity index is 184. The highest BCUT2D eigenvalue weighted by molar-refractivity contribution is 5.76. The molecular formula is C12H24N2O. The van der Waals surface area contributed by atoms with Crippen molar-refractivity contribution in [3.63, 3.8) is 0 Å². The number of nitrogens with one attached hydrogen (secondary N) is 2. The van der Waals surface area contributed by atoms with E-state index in [1.807, 2.05) is 0 Å². The van der Waals surface area contributed by atoms with E-state index in [9.17, 15) is 4.79 Å². The zero-order valence-corrected chi connectivity index (χ0v) is 10.0. The summed E-state index contributed by atoms with van der Waals surface area (Å²) in [5.74, 6) is 0.656. The molecule has 0 aliphatic carbocycles. The van der Waals surface area contributed by atoms with Gasteiger partial charge in [-0.15, -0.1) is 0 Å².